The first-order chi connectivity index (χ1) is 9.07. The number of hydrogen-bond acceptors (Lipinski definition) is 2. The van der Waals surface area contributed by atoms with Crippen LogP contribution in [0.1, 0.15) is 0 Å². The summed E-state index contributed by atoms with van der Waals surface area (Å²) in [6.07, 6.45) is 0. The second-order valence-electron chi connectivity index (χ2n) is 3.82. The topological polar surface area (TPSA) is 18.5 Å². The van der Waals surface area contributed by atoms with Crippen LogP contribution in [0.25, 0.3) is 0 Å². The van der Waals surface area contributed by atoms with E-state index in [-0.39, 0.29) is 0 Å². The molecule has 0 spiro atoms. The standard InChI is InChI=1S/C14H14I2O2Te/c1-17-11-3-7-13(8-4-11)19(15,16)14-9-5-12(18-2)6-10-14/h3-10H,1-2H3. The van der Waals surface area contributed by atoms with Crippen LogP contribution < -0.4 is 16.7 Å². The summed E-state index contributed by atoms with van der Waals surface area (Å²) in [6, 6.07) is 16.9. The summed E-state index contributed by atoms with van der Waals surface area (Å²) in [5.74, 6) is 1.81. The van der Waals surface area contributed by atoms with E-state index in [0.717, 1.165) is 11.5 Å². The zero-order valence-electron chi connectivity index (χ0n) is 10.6. The van der Waals surface area contributed by atoms with Crippen molar-refractivity contribution in [3.8, 4) is 11.5 Å². The monoisotopic (exact) mass is 598 g/mol. The van der Waals surface area contributed by atoms with Crippen molar-refractivity contribution in [1.82, 2.24) is 0 Å². The molecule has 0 aromatic heterocycles. The molecule has 0 heterocycles. The van der Waals surface area contributed by atoms with Gasteiger partial charge in [0.2, 0.25) is 0 Å². The summed E-state index contributed by atoms with van der Waals surface area (Å²) in [5, 5.41) is 0. The van der Waals surface area contributed by atoms with Crippen LogP contribution in [0, 0.1) is 0 Å². The molecule has 0 saturated carbocycles. The molecule has 2 nitrogen and oxygen atoms in total. The Bertz CT molecular complexity index is 489. The van der Waals surface area contributed by atoms with Gasteiger partial charge in [0, 0.05) is 0 Å². The average molecular weight is 596 g/mol. The second kappa shape index (κ2) is 6.83. The molecule has 0 unspecified atom stereocenters. The maximum atomic E-state index is 5.22. The van der Waals surface area contributed by atoms with Gasteiger partial charge in [-0.1, -0.05) is 0 Å². The van der Waals surface area contributed by atoms with E-state index in [1.54, 1.807) is 14.2 Å². The molecule has 0 atom stereocenters. The Balaban J connectivity index is 2.33. The first kappa shape index (κ1) is 15.7. The maximum absolute atomic E-state index is 5.22. The van der Waals surface area contributed by atoms with Gasteiger partial charge in [0.25, 0.3) is 0 Å². The number of benzene rings is 2. The molecule has 2 aromatic rings. The molecule has 0 bridgehead atoms. The Hall–Kier alpha value is 0.290. The van der Waals surface area contributed by atoms with E-state index in [1.807, 2.05) is 24.3 Å². The van der Waals surface area contributed by atoms with Gasteiger partial charge in [-0.2, -0.15) is 0 Å². The number of halogens is 2. The molecule has 0 fully saturated rings. The van der Waals surface area contributed by atoms with Gasteiger partial charge in [-0.25, -0.2) is 0 Å². The third-order valence-corrected chi connectivity index (χ3v) is 21.3. The molecule has 5 heteroatoms. The Kier molecular flexibility index (Phi) is 5.64. The summed E-state index contributed by atoms with van der Waals surface area (Å²) in [6.45, 7) is 0. The van der Waals surface area contributed by atoms with Crippen LogP contribution in [0.2, 0.25) is 0 Å². The van der Waals surface area contributed by atoms with Crippen molar-refractivity contribution in [2.24, 2.45) is 0 Å². The third kappa shape index (κ3) is 3.69. The average Bonchev–Trinajstić information content (AvgIpc) is 2.47. The van der Waals surface area contributed by atoms with Gasteiger partial charge in [-0.05, 0) is 0 Å². The van der Waals surface area contributed by atoms with Crippen molar-refractivity contribution in [3.63, 3.8) is 0 Å². The molecular weight excluding hydrogens is 582 g/mol. The Morgan fingerprint density at radius 2 is 1.00 bits per heavy atom. The zero-order chi connectivity index (χ0) is 13.9. The summed E-state index contributed by atoms with van der Waals surface area (Å²) in [7, 11) is 1.11. The Labute approximate surface area is 137 Å². The molecular formula is C14H14I2O2Te. The molecule has 102 valence electrons. The van der Waals surface area contributed by atoms with Crippen LogP contribution in [0.4, 0.5) is 0 Å². The zero-order valence-corrected chi connectivity index (χ0v) is 17.2. The van der Waals surface area contributed by atoms with E-state index in [0.29, 0.717) is 0 Å². The van der Waals surface area contributed by atoms with Crippen molar-refractivity contribution < 1.29 is 9.47 Å². The van der Waals surface area contributed by atoms with Gasteiger partial charge >= 0.3 is 139 Å². The molecule has 0 aliphatic carbocycles. The van der Waals surface area contributed by atoms with Crippen LogP contribution in [0.15, 0.2) is 48.5 Å². The van der Waals surface area contributed by atoms with Crippen molar-refractivity contribution in [1.29, 1.82) is 0 Å². The fraction of sp³-hybridized carbons (Fsp3) is 0.143. The van der Waals surface area contributed by atoms with Gasteiger partial charge in [0.05, 0.1) is 0 Å². The summed E-state index contributed by atoms with van der Waals surface area (Å²) >= 11 is 5.30. The molecule has 2 aromatic carbocycles. The normalized spacial score (nSPS) is 12.0. The fourth-order valence-electron chi connectivity index (χ4n) is 1.63. The molecule has 0 aliphatic rings. The minimum absolute atomic E-state index is 0.907. The molecule has 0 saturated heterocycles. The molecule has 0 radical (unpaired) electrons. The van der Waals surface area contributed by atoms with Crippen LogP contribution in [-0.4, -0.2) is 24.5 Å². The van der Waals surface area contributed by atoms with Gasteiger partial charge in [0.1, 0.15) is 0 Å². The minimum atomic E-state index is -2.28. The quantitative estimate of drug-likeness (QED) is 0.400. The molecule has 19 heavy (non-hydrogen) atoms. The Morgan fingerprint density at radius 1 is 0.684 bits per heavy atom. The van der Waals surface area contributed by atoms with Crippen LogP contribution >= 0.6 is 37.4 Å². The van der Waals surface area contributed by atoms with Crippen LogP contribution in [0.5, 0.6) is 11.5 Å². The van der Waals surface area contributed by atoms with E-state index < -0.39 is 10.3 Å². The van der Waals surface area contributed by atoms with Gasteiger partial charge in [0.15, 0.2) is 0 Å². The molecule has 2 rings (SSSR count). The number of hydrogen-bond donors (Lipinski definition) is 0. The van der Waals surface area contributed by atoms with Crippen molar-refractivity contribution >= 4 is 54.9 Å². The SMILES string of the molecule is COc1ccc([Te](I)(I)c2ccc(OC)cc2)cc1. The van der Waals surface area contributed by atoms with E-state index in [2.05, 4.69) is 61.7 Å². The van der Waals surface area contributed by atoms with Crippen molar-refractivity contribution in [3.05, 3.63) is 48.5 Å². The fourth-order valence-corrected chi connectivity index (χ4v) is 13.0. The van der Waals surface area contributed by atoms with E-state index in [4.69, 9.17) is 9.47 Å². The molecule has 0 amide bonds. The summed E-state index contributed by atoms with van der Waals surface area (Å²) in [5.41, 5.74) is 0. The summed E-state index contributed by atoms with van der Waals surface area (Å²) in [4.78, 5) is 0. The van der Waals surface area contributed by atoms with Crippen molar-refractivity contribution in [2.75, 3.05) is 14.2 Å². The number of ether oxygens (including phenoxy) is 2. The van der Waals surface area contributed by atoms with E-state index in [9.17, 15) is 0 Å². The third-order valence-electron chi connectivity index (χ3n) is 2.71. The first-order valence-corrected chi connectivity index (χ1v) is 21.5. The predicted molar refractivity (Wildman–Crippen MR) is 99.0 cm³/mol. The van der Waals surface area contributed by atoms with Gasteiger partial charge < -0.3 is 0 Å². The van der Waals surface area contributed by atoms with E-state index in [1.165, 1.54) is 7.22 Å². The Morgan fingerprint density at radius 3 is 1.26 bits per heavy atom. The number of rotatable bonds is 4. The van der Waals surface area contributed by atoms with Gasteiger partial charge in [-0.3, -0.25) is 0 Å². The van der Waals surface area contributed by atoms with Gasteiger partial charge in [-0.15, -0.1) is 0 Å². The van der Waals surface area contributed by atoms with E-state index >= 15 is 0 Å². The molecule has 0 N–H and O–H groups in total. The summed E-state index contributed by atoms with van der Waals surface area (Å²) < 4.78 is 13.3. The first-order valence-electron chi connectivity index (χ1n) is 5.58. The second-order valence-corrected chi connectivity index (χ2v) is 38.2. The molecule has 0 aliphatic heterocycles. The van der Waals surface area contributed by atoms with Crippen LogP contribution in [0.3, 0.4) is 0 Å². The van der Waals surface area contributed by atoms with Crippen molar-refractivity contribution in [2.45, 2.75) is 0 Å². The van der Waals surface area contributed by atoms with Crippen LogP contribution in [-0.2, 0) is 0 Å². The number of methoxy groups -OCH3 is 2. The predicted octanol–water partition coefficient (Wildman–Crippen LogP) is 3.13.